The molecule has 0 radical (unpaired) electrons. The molecule has 3 aromatic rings. The van der Waals surface area contributed by atoms with Crippen LogP contribution in [-0.2, 0) is 13.1 Å². The highest BCUT2D eigenvalue weighted by Crippen LogP contribution is 2.29. The number of rotatable bonds is 2. The van der Waals surface area contributed by atoms with Crippen LogP contribution >= 0.6 is 0 Å². The van der Waals surface area contributed by atoms with Crippen molar-refractivity contribution in [2.45, 2.75) is 38.8 Å². The molecule has 8 nitrogen and oxygen atoms in total. The van der Waals surface area contributed by atoms with Gasteiger partial charge in [0.15, 0.2) is 0 Å². The Morgan fingerprint density at radius 2 is 1.97 bits per heavy atom. The molecule has 0 atom stereocenters. The molecule has 0 spiro atoms. The van der Waals surface area contributed by atoms with Gasteiger partial charge in [-0.3, -0.25) is 4.79 Å². The predicted molar refractivity (Wildman–Crippen MR) is 107 cm³/mol. The number of aromatic nitrogens is 3. The summed E-state index contributed by atoms with van der Waals surface area (Å²) < 4.78 is 7.61. The molecule has 1 N–H and O–H groups in total. The number of para-hydroxylation sites is 1. The third-order valence-electron chi connectivity index (χ3n) is 6.09. The summed E-state index contributed by atoms with van der Waals surface area (Å²) in [5, 5.41) is 12.8. The van der Waals surface area contributed by atoms with Crippen LogP contribution in [0.3, 0.4) is 0 Å². The maximum Gasteiger partial charge on any atom is 0.349 e. The Balaban J connectivity index is 1.36. The lowest BCUT2D eigenvalue weighted by atomic mass is 9.95. The van der Waals surface area contributed by atoms with Crippen molar-refractivity contribution in [2.24, 2.45) is 0 Å². The van der Waals surface area contributed by atoms with Crippen LogP contribution in [0.2, 0.25) is 0 Å². The van der Waals surface area contributed by atoms with Gasteiger partial charge in [-0.15, -0.1) is 10.2 Å². The zero-order valence-corrected chi connectivity index (χ0v) is 16.4. The van der Waals surface area contributed by atoms with Crippen LogP contribution in [0.25, 0.3) is 11.0 Å². The van der Waals surface area contributed by atoms with Gasteiger partial charge in [0.05, 0.1) is 6.54 Å². The molecule has 4 heterocycles. The number of benzene rings is 1. The zero-order chi connectivity index (χ0) is 20.0. The van der Waals surface area contributed by atoms with Gasteiger partial charge in [0, 0.05) is 37.5 Å². The van der Waals surface area contributed by atoms with Crippen molar-refractivity contribution >= 4 is 16.9 Å². The summed E-state index contributed by atoms with van der Waals surface area (Å²) in [5.74, 6) is 2.05. The lowest BCUT2D eigenvalue weighted by Gasteiger charge is -2.32. The van der Waals surface area contributed by atoms with Crippen molar-refractivity contribution in [2.75, 3.05) is 19.6 Å². The third-order valence-corrected chi connectivity index (χ3v) is 6.09. The highest BCUT2D eigenvalue weighted by Gasteiger charge is 2.31. The highest BCUT2D eigenvalue weighted by molar-refractivity contribution is 5.99. The lowest BCUT2D eigenvalue weighted by molar-refractivity contribution is 0.0705. The standard InChI is InChI=1S/C21H23N5O3/c1-13-15-4-2-3-5-16(15)29-21(28)18(13)20(27)25-9-6-14(7-10-25)19-24-23-17-12-22-8-11-26(17)19/h2-5,14,22H,6-12H2,1H3. The van der Waals surface area contributed by atoms with Crippen molar-refractivity contribution in [3.8, 4) is 0 Å². The quantitative estimate of drug-likeness (QED) is 0.668. The number of hydrogen-bond donors (Lipinski definition) is 1. The van der Waals surface area contributed by atoms with E-state index in [2.05, 4.69) is 20.1 Å². The number of aryl methyl sites for hydroxylation is 1. The number of nitrogens with one attached hydrogen (secondary N) is 1. The highest BCUT2D eigenvalue weighted by atomic mass is 16.4. The van der Waals surface area contributed by atoms with Gasteiger partial charge in [0.25, 0.3) is 5.91 Å². The molecular weight excluding hydrogens is 370 g/mol. The first kappa shape index (κ1) is 18.1. The van der Waals surface area contributed by atoms with Crippen LogP contribution in [0.4, 0.5) is 0 Å². The third kappa shape index (κ3) is 3.04. The predicted octanol–water partition coefficient (Wildman–Crippen LogP) is 1.82. The summed E-state index contributed by atoms with van der Waals surface area (Å²) in [6.07, 6.45) is 1.63. The molecule has 0 aliphatic carbocycles. The van der Waals surface area contributed by atoms with E-state index in [9.17, 15) is 9.59 Å². The molecule has 2 aromatic heterocycles. The van der Waals surface area contributed by atoms with Gasteiger partial charge in [-0.05, 0) is 31.4 Å². The van der Waals surface area contributed by atoms with E-state index >= 15 is 0 Å². The molecule has 29 heavy (non-hydrogen) atoms. The Labute approximate surface area is 167 Å². The van der Waals surface area contributed by atoms with E-state index in [1.165, 1.54) is 0 Å². The number of nitrogens with zero attached hydrogens (tertiary/aromatic N) is 4. The summed E-state index contributed by atoms with van der Waals surface area (Å²) in [6, 6.07) is 7.32. The fourth-order valence-corrected chi connectivity index (χ4v) is 4.47. The number of likely N-dealkylation sites (tertiary alicyclic amines) is 1. The molecular formula is C21H23N5O3. The molecule has 0 unspecified atom stereocenters. The molecule has 1 fully saturated rings. The first-order chi connectivity index (χ1) is 14.1. The number of carbonyl (C=O) groups is 1. The Morgan fingerprint density at radius 1 is 1.17 bits per heavy atom. The van der Waals surface area contributed by atoms with Gasteiger partial charge in [-0.2, -0.15) is 0 Å². The fraction of sp³-hybridized carbons (Fsp3) is 0.429. The first-order valence-corrected chi connectivity index (χ1v) is 10.1. The Hall–Kier alpha value is -3.00. The average molecular weight is 393 g/mol. The Bertz CT molecular complexity index is 1140. The van der Waals surface area contributed by atoms with E-state index in [0.29, 0.717) is 24.2 Å². The van der Waals surface area contributed by atoms with E-state index in [1.54, 1.807) is 11.0 Å². The van der Waals surface area contributed by atoms with Gasteiger partial charge in [-0.1, -0.05) is 18.2 Å². The first-order valence-electron chi connectivity index (χ1n) is 10.1. The maximum atomic E-state index is 13.1. The number of hydrogen-bond acceptors (Lipinski definition) is 6. The second-order valence-corrected chi connectivity index (χ2v) is 7.75. The van der Waals surface area contributed by atoms with Crippen LogP contribution in [0, 0.1) is 6.92 Å². The molecule has 0 saturated carbocycles. The average Bonchev–Trinajstić information content (AvgIpc) is 3.18. The van der Waals surface area contributed by atoms with E-state index in [0.717, 1.165) is 49.5 Å². The molecule has 150 valence electrons. The minimum absolute atomic E-state index is 0.146. The van der Waals surface area contributed by atoms with Gasteiger partial charge in [0.1, 0.15) is 22.8 Å². The maximum absolute atomic E-state index is 13.1. The molecule has 1 amide bonds. The van der Waals surface area contributed by atoms with E-state index in [1.807, 2.05) is 25.1 Å². The van der Waals surface area contributed by atoms with Crippen LogP contribution in [0.15, 0.2) is 33.5 Å². The Kier molecular flexibility index (Phi) is 4.43. The molecule has 2 aliphatic heterocycles. The van der Waals surface area contributed by atoms with Crippen molar-refractivity contribution in [1.29, 1.82) is 0 Å². The topological polar surface area (TPSA) is 93.3 Å². The summed E-state index contributed by atoms with van der Waals surface area (Å²) >= 11 is 0. The van der Waals surface area contributed by atoms with Crippen LogP contribution in [0.5, 0.6) is 0 Å². The largest absolute Gasteiger partial charge is 0.422 e. The zero-order valence-electron chi connectivity index (χ0n) is 16.4. The van der Waals surface area contributed by atoms with Gasteiger partial charge < -0.3 is 19.2 Å². The van der Waals surface area contributed by atoms with Crippen LogP contribution in [-0.4, -0.2) is 45.2 Å². The van der Waals surface area contributed by atoms with Crippen LogP contribution in [0.1, 0.15) is 46.3 Å². The SMILES string of the molecule is Cc1c(C(=O)N2CCC(c3nnc4n3CCNC4)CC2)c(=O)oc2ccccc12. The number of carbonyl (C=O) groups excluding carboxylic acids is 1. The molecule has 2 aliphatic rings. The van der Waals surface area contributed by atoms with Gasteiger partial charge in [-0.25, -0.2) is 4.79 Å². The van der Waals surface area contributed by atoms with E-state index in [-0.39, 0.29) is 17.4 Å². The number of fused-ring (bicyclic) bond motifs is 2. The number of piperidine rings is 1. The summed E-state index contributed by atoms with van der Waals surface area (Å²) in [4.78, 5) is 27.4. The van der Waals surface area contributed by atoms with Gasteiger partial charge in [0.2, 0.25) is 0 Å². The van der Waals surface area contributed by atoms with E-state index in [4.69, 9.17) is 4.42 Å². The Morgan fingerprint density at radius 3 is 2.79 bits per heavy atom. The smallest absolute Gasteiger partial charge is 0.349 e. The van der Waals surface area contributed by atoms with Crippen molar-refractivity contribution in [3.63, 3.8) is 0 Å². The summed E-state index contributed by atoms with van der Waals surface area (Å²) in [5.41, 5.74) is 0.778. The van der Waals surface area contributed by atoms with Gasteiger partial charge >= 0.3 is 5.63 Å². The monoisotopic (exact) mass is 393 g/mol. The molecule has 8 heteroatoms. The minimum Gasteiger partial charge on any atom is -0.422 e. The number of amides is 1. The summed E-state index contributed by atoms with van der Waals surface area (Å²) in [7, 11) is 0. The minimum atomic E-state index is -0.563. The molecule has 1 saturated heterocycles. The lowest BCUT2D eigenvalue weighted by Crippen LogP contribution is -2.41. The van der Waals surface area contributed by atoms with Crippen molar-refractivity contribution < 1.29 is 9.21 Å². The second kappa shape index (κ2) is 7.11. The molecule has 0 bridgehead atoms. The fourth-order valence-electron chi connectivity index (χ4n) is 4.47. The van der Waals surface area contributed by atoms with E-state index < -0.39 is 5.63 Å². The molecule has 5 rings (SSSR count). The second-order valence-electron chi connectivity index (χ2n) is 7.75. The molecule has 1 aromatic carbocycles. The van der Waals surface area contributed by atoms with Crippen LogP contribution < -0.4 is 10.9 Å². The normalized spacial score (nSPS) is 17.5. The van der Waals surface area contributed by atoms with Crippen molar-refractivity contribution in [3.05, 3.63) is 57.5 Å². The summed E-state index contributed by atoms with van der Waals surface area (Å²) in [6.45, 7) is 5.56. The van der Waals surface area contributed by atoms with Crippen molar-refractivity contribution in [1.82, 2.24) is 25.0 Å².